The van der Waals surface area contributed by atoms with E-state index in [1.165, 1.54) is 7.11 Å². The third kappa shape index (κ3) is 6.99. The summed E-state index contributed by atoms with van der Waals surface area (Å²) in [6, 6.07) is 0. The molecular formula is C9H14O3. The molecule has 0 atom stereocenters. The minimum Gasteiger partial charge on any atom is -0.469 e. The maximum absolute atomic E-state index is 10.6. The second-order valence-electron chi connectivity index (χ2n) is 2.33. The van der Waals surface area contributed by atoms with E-state index in [4.69, 9.17) is 0 Å². The van der Waals surface area contributed by atoms with Crippen LogP contribution in [0.4, 0.5) is 0 Å². The molecule has 0 saturated heterocycles. The number of aldehydes is 1. The van der Waals surface area contributed by atoms with Crippen LogP contribution in [0.2, 0.25) is 0 Å². The average Bonchev–Trinajstić information content (AvgIpc) is 2.10. The van der Waals surface area contributed by atoms with Crippen molar-refractivity contribution in [2.45, 2.75) is 25.7 Å². The van der Waals surface area contributed by atoms with Crippen molar-refractivity contribution in [1.82, 2.24) is 0 Å². The highest BCUT2D eigenvalue weighted by molar-refractivity contribution is 5.69. The topological polar surface area (TPSA) is 43.4 Å². The average molecular weight is 170 g/mol. The van der Waals surface area contributed by atoms with E-state index in [1.54, 1.807) is 0 Å². The van der Waals surface area contributed by atoms with E-state index in [0.717, 1.165) is 12.7 Å². The Balaban J connectivity index is 3.23. The molecule has 0 aromatic rings. The first-order valence-electron chi connectivity index (χ1n) is 3.96. The van der Waals surface area contributed by atoms with E-state index in [0.29, 0.717) is 19.3 Å². The summed E-state index contributed by atoms with van der Waals surface area (Å²) in [5.41, 5.74) is 0. The van der Waals surface area contributed by atoms with Crippen LogP contribution in [-0.2, 0) is 14.3 Å². The van der Waals surface area contributed by atoms with Gasteiger partial charge in [-0.25, -0.2) is 0 Å². The van der Waals surface area contributed by atoms with Gasteiger partial charge in [0, 0.05) is 12.8 Å². The first-order chi connectivity index (χ1) is 5.81. The van der Waals surface area contributed by atoms with Crippen molar-refractivity contribution in [1.29, 1.82) is 0 Å². The van der Waals surface area contributed by atoms with E-state index in [-0.39, 0.29) is 5.97 Å². The molecule has 0 saturated carbocycles. The summed E-state index contributed by atoms with van der Waals surface area (Å²) in [5.74, 6) is -0.199. The van der Waals surface area contributed by atoms with Gasteiger partial charge in [-0.15, -0.1) is 0 Å². The van der Waals surface area contributed by atoms with Crippen molar-refractivity contribution >= 4 is 12.3 Å². The van der Waals surface area contributed by atoms with E-state index in [2.05, 4.69) is 4.74 Å². The zero-order valence-corrected chi connectivity index (χ0v) is 7.29. The SMILES string of the molecule is COC(=O)CC/C=C\CCC=O. The van der Waals surface area contributed by atoms with E-state index in [9.17, 15) is 9.59 Å². The Morgan fingerprint density at radius 1 is 1.25 bits per heavy atom. The molecule has 0 unspecified atom stereocenters. The molecule has 0 aliphatic rings. The third-order valence-electron chi connectivity index (χ3n) is 1.36. The fourth-order valence-electron chi connectivity index (χ4n) is 0.703. The van der Waals surface area contributed by atoms with Gasteiger partial charge >= 0.3 is 5.97 Å². The highest BCUT2D eigenvalue weighted by atomic mass is 16.5. The Morgan fingerprint density at radius 3 is 2.50 bits per heavy atom. The molecule has 0 N–H and O–H groups in total. The Morgan fingerprint density at radius 2 is 1.92 bits per heavy atom. The number of ether oxygens (including phenoxy) is 1. The van der Waals surface area contributed by atoms with E-state index >= 15 is 0 Å². The van der Waals surface area contributed by atoms with Crippen LogP contribution in [0.3, 0.4) is 0 Å². The zero-order chi connectivity index (χ0) is 9.23. The van der Waals surface area contributed by atoms with Crippen LogP contribution >= 0.6 is 0 Å². The molecular weight excluding hydrogens is 156 g/mol. The highest BCUT2D eigenvalue weighted by Gasteiger charge is 1.94. The highest BCUT2D eigenvalue weighted by Crippen LogP contribution is 1.95. The molecule has 0 aromatic carbocycles. The Bertz CT molecular complexity index is 161. The molecule has 0 rings (SSSR count). The smallest absolute Gasteiger partial charge is 0.305 e. The van der Waals surface area contributed by atoms with Crippen molar-refractivity contribution < 1.29 is 14.3 Å². The van der Waals surface area contributed by atoms with E-state index < -0.39 is 0 Å². The molecule has 68 valence electrons. The molecule has 0 aliphatic heterocycles. The summed E-state index contributed by atoms with van der Waals surface area (Å²) >= 11 is 0. The maximum atomic E-state index is 10.6. The summed E-state index contributed by atoms with van der Waals surface area (Å²) < 4.78 is 4.45. The summed E-state index contributed by atoms with van der Waals surface area (Å²) in [4.78, 5) is 20.5. The second kappa shape index (κ2) is 7.98. The third-order valence-corrected chi connectivity index (χ3v) is 1.36. The summed E-state index contributed by atoms with van der Waals surface area (Å²) in [5, 5.41) is 0. The largest absolute Gasteiger partial charge is 0.469 e. The van der Waals surface area contributed by atoms with Crippen LogP contribution in [-0.4, -0.2) is 19.4 Å². The van der Waals surface area contributed by atoms with Gasteiger partial charge in [0.15, 0.2) is 0 Å². The Kier molecular flexibility index (Phi) is 7.24. The molecule has 12 heavy (non-hydrogen) atoms. The fraction of sp³-hybridized carbons (Fsp3) is 0.556. The van der Waals surface area contributed by atoms with Crippen molar-refractivity contribution in [2.75, 3.05) is 7.11 Å². The van der Waals surface area contributed by atoms with Crippen LogP contribution in [0, 0.1) is 0 Å². The molecule has 0 spiro atoms. The lowest BCUT2D eigenvalue weighted by molar-refractivity contribution is -0.140. The van der Waals surface area contributed by atoms with Crippen molar-refractivity contribution in [3.05, 3.63) is 12.2 Å². The molecule has 0 bridgehead atoms. The summed E-state index contributed by atoms with van der Waals surface area (Å²) in [7, 11) is 1.37. The molecule has 0 fully saturated rings. The first kappa shape index (κ1) is 10.9. The second-order valence-corrected chi connectivity index (χ2v) is 2.33. The fourth-order valence-corrected chi connectivity index (χ4v) is 0.703. The van der Waals surface area contributed by atoms with Crippen LogP contribution in [0.1, 0.15) is 25.7 Å². The van der Waals surface area contributed by atoms with Crippen LogP contribution in [0.5, 0.6) is 0 Å². The van der Waals surface area contributed by atoms with Gasteiger partial charge in [0.25, 0.3) is 0 Å². The predicted molar refractivity (Wildman–Crippen MR) is 45.7 cm³/mol. The summed E-state index contributed by atoms with van der Waals surface area (Å²) in [6.07, 6.45) is 7.07. The minimum atomic E-state index is -0.199. The lowest BCUT2D eigenvalue weighted by Gasteiger charge is -1.93. The van der Waals surface area contributed by atoms with Gasteiger partial charge in [0.2, 0.25) is 0 Å². The summed E-state index contributed by atoms with van der Waals surface area (Å²) in [6.45, 7) is 0. The predicted octanol–water partition coefficient (Wildman–Crippen LogP) is 1.47. The lowest BCUT2D eigenvalue weighted by atomic mass is 10.2. The number of hydrogen-bond acceptors (Lipinski definition) is 3. The number of rotatable bonds is 6. The molecule has 0 amide bonds. The van der Waals surface area contributed by atoms with Gasteiger partial charge in [0.1, 0.15) is 6.29 Å². The van der Waals surface area contributed by atoms with E-state index in [1.807, 2.05) is 12.2 Å². The van der Waals surface area contributed by atoms with Gasteiger partial charge < -0.3 is 9.53 Å². The molecule has 3 heteroatoms. The monoisotopic (exact) mass is 170 g/mol. The van der Waals surface area contributed by atoms with Gasteiger partial charge in [-0.3, -0.25) is 4.79 Å². The Labute approximate surface area is 72.4 Å². The van der Waals surface area contributed by atoms with Gasteiger partial charge in [-0.05, 0) is 12.8 Å². The number of carbonyl (C=O) groups excluding carboxylic acids is 2. The number of allylic oxidation sites excluding steroid dienone is 2. The van der Waals surface area contributed by atoms with Gasteiger partial charge in [-0.1, -0.05) is 12.2 Å². The number of carbonyl (C=O) groups is 2. The number of hydrogen-bond donors (Lipinski definition) is 0. The van der Waals surface area contributed by atoms with Crippen molar-refractivity contribution in [3.8, 4) is 0 Å². The standard InChI is InChI=1S/C9H14O3/c1-12-9(11)7-5-3-2-4-6-8-10/h2-3,8H,4-7H2,1H3/b3-2-. The molecule has 0 heterocycles. The van der Waals surface area contributed by atoms with Crippen LogP contribution < -0.4 is 0 Å². The van der Waals surface area contributed by atoms with Gasteiger partial charge in [-0.2, -0.15) is 0 Å². The molecule has 0 aliphatic carbocycles. The minimum absolute atomic E-state index is 0.199. The molecule has 0 aromatic heterocycles. The molecule has 0 radical (unpaired) electrons. The Hall–Kier alpha value is -1.12. The quantitative estimate of drug-likeness (QED) is 0.262. The van der Waals surface area contributed by atoms with Gasteiger partial charge in [0.05, 0.1) is 7.11 Å². The number of methoxy groups -OCH3 is 1. The number of esters is 1. The first-order valence-corrected chi connectivity index (χ1v) is 3.96. The van der Waals surface area contributed by atoms with Crippen LogP contribution in [0.25, 0.3) is 0 Å². The van der Waals surface area contributed by atoms with Crippen LogP contribution in [0.15, 0.2) is 12.2 Å². The van der Waals surface area contributed by atoms with Crippen molar-refractivity contribution in [2.24, 2.45) is 0 Å². The maximum Gasteiger partial charge on any atom is 0.305 e. The normalized spacial score (nSPS) is 10.1. The number of unbranched alkanes of at least 4 members (excludes halogenated alkanes) is 1. The lowest BCUT2D eigenvalue weighted by Crippen LogP contribution is -1.97. The van der Waals surface area contributed by atoms with Crippen molar-refractivity contribution in [3.63, 3.8) is 0 Å². The zero-order valence-electron chi connectivity index (χ0n) is 7.29. The molecule has 3 nitrogen and oxygen atoms in total.